The molecule has 0 unspecified atom stereocenters. The van der Waals surface area contributed by atoms with Crippen molar-refractivity contribution in [2.45, 2.75) is 60.6 Å². The van der Waals surface area contributed by atoms with Gasteiger partial charge in [-0.25, -0.2) is 0 Å². The summed E-state index contributed by atoms with van der Waals surface area (Å²) < 4.78 is 19.1. The standard InChI is InChI=1S/C21H40NO3Si/c1-7-22(8-2,19-21-15-13-20(6)14-16-21)17-12-18-26(23-9-3,24-10-4)25-11-5/h13-16H,7-12,17-19H2,1-6H3/q+1. The summed E-state index contributed by atoms with van der Waals surface area (Å²) in [7, 11) is -2.53. The van der Waals surface area contributed by atoms with Crippen LogP contribution in [0.2, 0.25) is 6.04 Å². The first-order chi connectivity index (χ1) is 12.5. The van der Waals surface area contributed by atoms with Gasteiger partial charge in [-0.2, -0.15) is 0 Å². The Morgan fingerprint density at radius 1 is 0.808 bits per heavy atom. The van der Waals surface area contributed by atoms with Crippen LogP contribution in [0.25, 0.3) is 0 Å². The van der Waals surface area contributed by atoms with Gasteiger partial charge in [-0.05, 0) is 41.5 Å². The largest absolute Gasteiger partial charge is 0.501 e. The SMILES string of the molecule is CCO[Si](CCC[N+](CC)(CC)Cc1ccc(C)cc1)(OCC)OCC. The van der Waals surface area contributed by atoms with Crippen LogP contribution in [-0.2, 0) is 19.8 Å². The van der Waals surface area contributed by atoms with Crippen LogP contribution in [0.3, 0.4) is 0 Å². The molecular weight excluding hydrogens is 342 g/mol. The molecule has 26 heavy (non-hydrogen) atoms. The lowest BCUT2D eigenvalue weighted by Crippen LogP contribution is -2.50. The Morgan fingerprint density at radius 3 is 1.73 bits per heavy atom. The second-order valence-electron chi connectivity index (χ2n) is 6.93. The van der Waals surface area contributed by atoms with Crippen LogP contribution in [-0.4, -0.2) is 52.7 Å². The van der Waals surface area contributed by atoms with E-state index in [0.29, 0.717) is 19.8 Å². The highest BCUT2D eigenvalue weighted by Crippen LogP contribution is 2.22. The first-order valence-corrected chi connectivity index (χ1v) is 12.2. The first-order valence-electron chi connectivity index (χ1n) is 10.3. The average molecular weight is 383 g/mol. The third kappa shape index (κ3) is 7.12. The zero-order valence-corrected chi connectivity index (χ0v) is 18.8. The van der Waals surface area contributed by atoms with Gasteiger partial charge in [0.25, 0.3) is 0 Å². The van der Waals surface area contributed by atoms with Crippen LogP contribution in [0.1, 0.15) is 52.2 Å². The van der Waals surface area contributed by atoms with Crippen molar-refractivity contribution in [3.05, 3.63) is 35.4 Å². The van der Waals surface area contributed by atoms with E-state index >= 15 is 0 Å². The van der Waals surface area contributed by atoms with Gasteiger partial charge in [0.1, 0.15) is 6.54 Å². The summed E-state index contributed by atoms with van der Waals surface area (Å²) in [5.41, 5.74) is 2.74. The van der Waals surface area contributed by atoms with Crippen LogP contribution in [0.5, 0.6) is 0 Å². The summed E-state index contributed by atoms with van der Waals surface area (Å²) in [4.78, 5) is 0. The van der Waals surface area contributed by atoms with E-state index in [2.05, 4.69) is 45.0 Å². The van der Waals surface area contributed by atoms with E-state index in [9.17, 15) is 0 Å². The molecule has 1 aromatic carbocycles. The van der Waals surface area contributed by atoms with Gasteiger partial charge >= 0.3 is 8.80 Å². The van der Waals surface area contributed by atoms with E-state index < -0.39 is 8.80 Å². The van der Waals surface area contributed by atoms with E-state index in [1.807, 2.05) is 20.8 Å². The van der Waals surface area contributed by atoms with Crippen molar-refractivity contribution in [3.8, 4) is 0 Å². The maximum Gasteiger partial charge on any atom is 0.501 e. The smallest absolute Gasteiger partial charge is 0.374 e. The van der Waals surface area contributed by atoms with Gasteiger partial charge in [0, 0.05) is 37.8 Å². The number of benzene rings is 1. The Morgan fingerprint density at radius 2 is 1.31 bits per heavy atom. The third-order valence-electron chi connectivity index (χ3n) is 5.19. The molecule has 0 fully saturated rings. The summed E-state index contributed by atoms with van der Waals surface area (Å²) in [5.74, 6) is 0. The van der Waals surface area contributed by atoms with Gasteiger partial charge in [-0.1, -0.05) is 29.8 Å². The topological polar surface area (TPSA) is 27.7 Å². The molecule has 0 aromatic heterocycles. The molecule has 0 aliphatic rings. The Labute approximate surface area is 162 Å². The molecule has 0 amide bonds. The monoisotopic (exact) mass is 382 g/mol. The summed E-state index contributed by atoms with van der Waals surface area (Å²) in [6.07, 6.45) is 1.07. The lowest BCUT2D eigenvalue weighted by atomic mass is 10.1. The molecule has 0 spiro atoms. The van der Waals surface area contributed by atoms with Crippen LogP contribution < -0.4 is 0 Å². The lowest BCUT2D eigenvalue weighted by molar-refractivity contribution is -0.937. The second kappa shape index (κ2) is 11.9. The van der Waals surface area contributed by atoms with Crippen LogP contribution in [0, 0.1) is 6.92 Å². The molecule has 0 saturated carbocycles. The minimum absolute atomic E-state index is 0.650. The Kier molecular flexibility index (Phi) is 10.7. The number of nitrogens with zero attached hydrogens (tertiary/aromatic N) is 1. The van der Waals surface area contributed by atoms with E-state index in [-0.39, 0.29) is 0 Å². The van der Waals surface area contributed by atoms with E-state index in [1.54, 1.807) is 0 Å². The van der Waals surface area contributed by atoms with Crippen molar-refractivity contribution in [2.75, 3.05) is 39.5 Å². The maximum atomic E-state index is 6.01. The first kappa shape index (κ1) is 23.3. The van der Waals surface area contributed by atoms with Crippen molar-refractivity contribution < 1.29 is 17.8 Å². The summed E-state index contributed by atoms with van der Waals surface area (Å²) in [6.45, 7) is 19.2. The van der Waals surface area contributed by atoms with E-state index in [1.165, 1.54) is 11.1 Å². The van der Waals surface area contributed by atoms with Crippen molar-refractivity contribution in [2.24, 2.45) is 0 Å². The molecule has 1 rings (SSSR count). The van der Waals surface area contributed by atoms with Crippen molar-refractivity contribution >= 4 is 8.80 Å². The Bertz CT molecular complexity index is 472. The van der Waals surface area contributed by atoms with E-state index in [4.69, 9.17) is 13.3 Å². The molecule has 0 radical (unpaired) electrons. The minimum Gasteiger partial charge on any atom is -0.374 e. The molecule has 0 aliphatic heterocycles. The second-order valence-corrected chi connectivity index (χ2v) is 9.66. The lowest BCUT2D eigenvalue weighted by Gasteiger charge is -2.38. The number of aryl methyl sites for hydroxylation is 1. The summed E-state index contributed by atoms with van der Waals surface area (Å²) in [5, 5.41) is 0. The minimum atomic E-state index is -2.53. The summed E-state index contributed by atoms with van der Waals surface area (Å²) in [6, 6.07) is 9.87. The van der Waals surface area contributed by atoms with Gasteiger partial charge in [0.2, 0.25) is 0 Å². The summed E-state index contributed by atoms with van der Waals surface area (Å²) >= 11 is 0. The molecule has 150 valence electrons. The van der Waals surface area contributed by atoms with Crippen molar-refractivity contribution in [1.29, 1.82) is 0 Å². The number of hydrogen-bond acceptors (Lipinski definition) is 3. The van der Waals surface area contributed by atoms with Gasteiger partial charge < -0.3 is 17.8 Å². The zero-order valence-electron chi connectivity index (χ0n) is 17.8. The number of quaternary nitrogens is 1. The van der Waals surface area contributed by atoms with E-state index in [0.717, 1.165) is 43.1 Å². The molecule has 5 heteroatoms. The van der Waals surface area contributed by atoms with Crippen molar-refractivity contribution in [3.63, 3.8) is 0 Å². The average Bonchev–Trinajstić information content (AvgIpc) is 2.63. The molecule has 0 heterocycles. The highest BCUT2D eigenvalue weighted by Gasteiger charge is 2.40. The maximum absolute atomic E-state index is 6.01. The fourth-order valence-electron chi connectivity index (χ4n) is 3.56. The normalized spacial score (nSPS) is 12.5. The molecule has 4 nitrogen and oxygen atoms in total. The van der Waals surface area contributed by atoms with Gasteiger partial charge in [-0.3, -0.25) is 0 Å². The number of hydrogen-bond donors (Lipinski definition) is 0. The predicted octanol–water partition coefficient (Wildman–Crippen LogP) is 4.79. The van der Waals surface area contributed by atoms with Crippen LogP contribution >= 0.6 is 0 Å². The molecule has 0 bridgehead atoms. The highest BCUT2D eigenvalue weighted by atomic mass is 28.4. The molecule has 0 N–H and O–H groups in total. The molecule has 0 atom stereocenters. The van der Waals surface area contributed by atoms with Crippen LogP contribution in [0.4, 0.5) is 0 Å². The van der Waals surface area contributed by atoms with Crippen molar-refractivity contribution in [1.82, 2.24) is 0 Å². The fraction of sp³-hybridized carbons (Fsp3) is 0.714. The molecule has 0 aliphatic carbocycles. The quantitative estimate of drug-likeness (QED) is 0.342. The van der Waals surface area contributed by atoms with Crippen LogP contribution in [0.15, 0.2) is 24.3 Å². The third-order valence-corrected chi connectivity index (χ3v) is 8.34. The van der Waals surface area contributed by atoms with Gasteiger partial charge in [-0.15, -0.1) is 0 Å². The Balaban J connectivity index is 2.77. The molecule has 1 aromatic rings. The van der Waals surface area contributed by atoms with Gasteiger partial charge in [0.05, 0.1) is 19.6 Å². The Hall–Kier alpha value is -0.723. The predicted molar refractivity (Wildman–Crippen MR) is 111 cm³/mol. The number of rotatable bonds is 14. The molecular formula is C21H40NO3Si+. The van der Waals surface area contributed by atoms with Gasteiger partial charge in [0.15, 0.2) is 0 Å². The highest BCUT2D eigenvalue weighted by molar-refractivity contribution is 6.60. The zero-order chi connectivity index (χ0) is 19.5. The molecule has 0 saturated heterocycles. The fourth-order valence-corrected chi connectivity index (χ4v) is 6.15.